The zero-order valence-corrected chi connectivity index (χ0v) is 16.6. The van der Waals surface area contributed by atoms with Crippen molar-refractivity contribution < 1.29 is 9.72 Å². The van der Waals surface area contributed by atoms with Crippen LogP contribution in [0.5, 0.6) is 0 Å². The SMILES string of the molecule is CC(C)N1CCc2c(sc3c2C(=O)N[C@H](/C=C\c2cccc([N+](=O)[O-])c2)N3)C1. The molecule has 1 aromatic carbocycles. The molecule has 2 aliphatic heterocycles. The van der Waals surface area contributed by atoms with Crippen LogP contribution in [0.25, 0.3) is 6.08 Å². The molecule has 3 heterocycles. The number of amides is 1. The second-order valence-corrected chi connectivity index (χ2v) is 8.43. The molecular weight excluding hydrogens is 376 g/mol. The number of hydrogen-bond acceptors (Lipinski definition) is 6. The van der Waals surface area contributed by atoms with Crippen molar-refractivity contribution in [2.45, 2.75) is 39.0 Å². The molecule has 0 saturated heterocycles. The van der Waals surface area contributed by atoms with Crippen molar-refractivity contribution in [2.75, 3.05) is 11.9 Å². The largest absolute Gasteiger partial charge is 0.353 e. The lowest BCUT2D eigenvalue weighted by Crippen LogP contribution is -2.43. The van der Waals surface area contributed by atoms with Crippen LogP contribution in [-0.2, 0) is 13.0 Å². The molecule has 0 aliphatic carbocycles. The Kier molecular flexibility index (Phi) is 4.91. The van der Waals surface area contributed by atoms with Crippen LogP contribution in [0, 0.1) is 10.1 Å². The van der Waals surface area contributed by atoms with E-state index in [1.165, 1.54) is 22.6 Å². The Morgan fingerprint density at radius 1 is 1.36 bits per heavy atom. The molecule has 2 aliphatic rings. The van der Waals surface area contributed by atoms with Crippen LogP contribution in [0.4, 0.5) is 10.7 Å². The van der Waals surface area contributed by atoms with Gasteiger partial charge in [-0.05, 0) is 37.5 Å². The van der Waals surface area contributed by atoms with Gasteiger partial charge in [0.15, 0.2) is 0 Å². The highest BCUT2D eigenvalue weighted by Crippen LogP contribution is 2.39. The number of nitrogens with zero attached hydrogens (tertiary/aromatic N) is 2. The maximum Gasteiger partial charge on any atom is 0.270 e. The first-order chi connectivity index (χ1) is 13.4. The number of nitro benzene ring substituents is 1. The van der Waals surface area contributed by atoms with E-state index in [0.717, 1.165) is 30.1 Å². The number of carbonyl (C=O) groups is 1. The fourth-order valence-corrected chi connectivity index (χ4v) is 4.95. The summed E-state index contributed by atoms with van der Waals surface area (Å²) in [5.74, 6) is -0.0575. The van der Waals surface area contributed by atoms with Crippen molar-refractivity contribution in [3.8, 4) is 0 Å². The van der Waals surface area contributed by atoms with E-state index in [-0.39, 0.29) is 17.8 Å². The highest BCUT2D eigenvalue weighted by molar-refractivity contribution is 7.16. The molecule has 2 aromatic rings. The molecule has 0 spiro atoms. The van der Waals surface area contributed by atoms with Crippen LogP contribution in [-0.4, -0.2) is 34.5 Å². The van der Waals surface area contributed by atoms with E-state index in [4.69, 9.17) is 0 Å². The van der Waals surface area contributed by atoms with Gasteiger partial charge in [-0.3, -0.25) is 19.8 Å². The number of carbonyl (C=O) groups excluding carboxylic acids is 1. The Morgan fingerprint density at radius 2 is 2.18 bits per heavy atom. The van der Waals surface area contributed by atoms with Gasteiger partial charge in [0, 0.05) is 36.1 Å². The molecule has 7 nitrogen and oxygen atoms in total. The highest BCUT2D eigenvalue weighted by Gasteiger charge is 2.32. The van der Waals surface area contributed by atoms with E-state index in [9.17, 15) is 14.9 Å². The van der Waals surface area contributed by atoms with Gasteiger partial charge in [-0.15, -0.1) is 11.3 Å². The van der Waals surface area contributed by atoms with E-state index in [1.54, 1.807) is 29.5 Å². The number of non-ortho nitro benzene ring substituents is 1. The number of rotatable bonds is 4. The maximum atomic E-state index is 12.7. The Balaban J connectivity index is 1.53. The van der Waals surface area contributed by atoms with Crippen LogP contribution >= 0.6 is 11.3 Å². The van der Waals surface area contributed by atoms with E-state index < -0.39 is 4.92 Å². The second kappa shape index (κ2) is 7.37. The van der Waals surface area contributed by atoms with Crippen molar-refractivity contribution in [3.05, 3.63) is 62.0 Å². The van der Waals surface area contributed by atoms with Gasteiger partial charge in [0.25, 0.3) is 11.6 Å². The van der Waals surface area contributed by atoms with Crippen molar-refractivity contribution in [1.29, 1.82) is 0 Å². The van der Waals surface area contributed by atoms with Gasteiger partial charge in [0.1, 0.15) is 11.2 Å². The molecular formula is C20H22N4O3S. The highest BCUT2D eigenvalue weighted by atomic mass is 32.1. The number of anilines is 1. The van der Waals surface area contributed by atoms with Crippen LogP contribution < -0.4 is 10.6 Å². The molecule has 0 unspecified atom stereocenters. The summed E-state index contributed by atoms with van der Waals surface area (Å²) >= 11 is 1.66. The predicted octanol–water partition coefficient (Wildman–Crippen LogP) is 3.62. The van der Waals surface area contributed by atoms with Gasteiger partial charge in [0.05, 0.1) is 10.5 Å². The lowest BCUT2D eigenvalue weighted by Gasteiger charge is -2.30. The third kappa shape index (κ3) is 3.53. The van der Waals surface area contributed by atoms with Gasteiger partial charge in [0.2, 0.25) is 0 Å². The van der Waals surface area contributed by atoms with Crippen LogP contribution in [0.1, 0.15) is 40.2 Å². The Morgan fingerprint density at radius 3 is 2.93 bits per heavy atom. The monoisotopic (exact) mass is 398 g/mol. The quantitative estimate of drug-likeness (QED) is 0.607. The molecule has 146 valence electrons. The molecule has 28 heavy (non-hydrogen) atoms. The molecule has 0 radical (unpaired) electrons. The summed E-state index contributed by atoms with van der Waals surface area (Å²) < 4.78 is 0. The molecule has 0 saturated carbocycles. The Bertz CT molecular complexity index is 966. The fraction of sp³-hybridized carbons (Fsp3) is 0.350. The van der Waals surface area contributed by atoms with Crippen molar-refractivity contribution in [3.63, 3.8) is 0 Å². The number of nitro groups is 1. The average Bonchev–Trinajstić information content (AvgIpc) is 3.04. The molecule has 0 bridgehead atoms. The average molecular weight is 398 g/mol. The van der Waals surface area contributed by atoms with E-state index >= 15 is 0 Å². The molecule has 1 amide bonds. The van der Waals surface area contributed by atoms with E-state index in [2.05, 4.69) is 29.4 Å². The van der Waals surface area contributed by atoms with E-state index in [0.29, 0.717) is 11.6 Å². The zero-order chi connectivity index (χ0) is 19.8. The summed E-state index contributed by atoms with van der Waals surface area (Å²) in [6.45, 7) is 6.24. The number of nitrogens with one attached hydrogen (secondary N) is 2. The van der Waals surface area contributed by atoms with Gasteiger partial charge in [-0.25, -0.2) is 0 Å². The van der Waals surface area contributed by atoms with Crippen molar-refractivity contribution in [1.82, 2.24) is 10.2 Å². The number of benzene rings is 1. The first kappa shape index (κ1) is 18.6. The summed E-state index contributed by atoms with van der Waals surface area (Å²) in [7, 11) is 0. The van der Waals surface area contributed by atoms with Gasteiger partial charge in [-0.2, -0.15) is 0 Å². The molecule has 0 fully saturated rings. The smallest absolute Gasteiger partial charge is 0.270 e. The third-order valence-corrected chi connectivity index (χ3v) is 6.33. The summed E-state index contributed by atoms with van der Waals surface area (Å²) in [4.78, 5) is 26.9. The van der Waals surface area contributed by atoms with E-state index in [1.807, 2.05) is 6.08 Å². The summed E-state index contributed by atoms with van der Waals surface area (Å²) in [6.07, 6.45) is 4.14. The second-order valence-electron chi connectivity index (χ2n) is 7.33. The fourth-order valence-electron chi connectivity index (χ4n) is 3.64. The molecule has 4 rings (SSSR count). The zero-order valence-electron chi connectivity index (χ0n) is 15.8. The van der Waals surface area contributed by atoms with Crippen LogP contribution in [0.15, 0.2) is 30.3 Å². The number of fused-ring (bicyclic) bond motifs is 3. The number of hydrogen-bond donors (Lipinski definition) is 2. The molecule has 2 N–H and O–H groups in total. The lowest BCUT2D eigenvalue weighted by molar-refractivity contribution is -0.384. The summed E-state index contributed by atoms with van der Waals surface area (Å²) in [6, 6.07) is 6.90. The molecule has 1 aromatic heterocycles. The Labute approximate surface area is 167 Å². The van der Waals surface area contributed by atoms with Gasteiger partial charge in [-0.1, -0.05) is 18.2 Å². The minimum absolute atomic E-state index is 0.0470. The summed E-state index contributed by atoms with van der Waals surface area (Å²) in [5, 5.41) is 18.2. The molecule has 1 atom stereocenters. The topological polar surface area (TPSA) is 87.5 Å². The first-order valence-electron chi connectivity index (χ1n) is 9.31. The molecule has 8 heteroatoms. The Hall–Kier alpha value is -2.71. The lowest BCUT2D eigenvalue weighted by atomic mass is 10.0. The van der Waals surface area contributed by atoms with Crippen molar-refractivity contribution in [2.24, 2.45) is 0 Å². The number of thiophene rings is 1. The van der Waals surface area contributed by atoms with Crippen LogP contribution in [0.2, 0.25) is 0 Å². The normalized spacial score (nSPS) is 19.2. The first-order valence-corrected chi connectivity index (χ1v) is 10.1. The van der Waals surface area contributed by atoms with Crippen molar-refractivity contribution >= 4 is 34.0 Å². The van der Waals surface area contributed by atoms with Gasteiger partial charge >= 0.3 is 0 Å². The minimum Gasteiger partial charge on any atom is -0.353 e. The third-order valence-electron chi connectivity index (χ3n) is 5.18. The van der Waals surface area contributed by atoms with Gasteiger partial charge < -0.3 is 10.6 Å². The summed E-state index contributed by atoms with van der Waals surface area (Å²) in [5.41, 5.74) is 2.71. The predicted molar refractivity (Wildman–Crippen MR) is 111 cm³/mol. The standard InChI is InChI=1S/C20H22N4O3S/c1-12(2)23-9-8-15-16(11-23)28-20-18(15)19(25)21-17(22-20)7-6-13-4-3-5-14(10-13)24(26)27/h3-7,10,12,17,22H,8-9,11H2,1-2H3,(H,21,25)/b7-6-/t17-/m0/s1. The van der Waals surface area contributed by atoms with Crippen LogP contribution in [0.3, 0.4) is 0 Å². The minimum atomic E-state index is -0.416. The maximum absolute atomic E-state index is 12.7.